The minimum absolute atomic E-state index is 0.0370. The third-order valence-electron chi connectivity index (χ3n) is 10.2. The van der Waals surface area contributed by atoms with Gasteiger partial charge in [0.2, 0.25) is 0 Å². The fourth-order valence-corrected chi connectivity index (χ4v) is 6.57. The topological polar surface area (TPSA) is 102 Å². The van der Waals surface area contributed by atoms with Gasteiger partial charge in [-0.1, -0.05) is 171 Å². The van der Waals surface area contributed by atoms with Gasteiger partial charge in [0.25, 0.3) is 0 Å². The Morgan fingerprint density at radius 1 is 0.534 bits per heavy atom. The van der Waals surface area contributed by atoms with Crippen molar-refractivity contribution in [2.24, 2.45) is 0 Å². The van der Waals surface area contributed by atoms with Crippen molar-refractivity contribution in [2.45, 2.75) is 199 Å². The molecule has 8 heteroatoms. The van der Waals surface area contributed by atoms with Gasteiger partial charge in [-0.2, -0.15) is 0 Å². The van der Waals surface area contributed by atoms with Crippen LogP contribution < -0.4 is 5.11 Å². The van der Waals surface area contributed by atoms with Crippen molar-refractivity contribution in [1.82, 2.24) is 0 Å². The van der Waals surface area contributed by atoms with Gasteiger partial charge in [-0.05, 0) is 57.8 Å². The van der Waals surface area contributed by atoms with E-state index in [4.69, 9.17) is 14.2 Å². The molecule has 0 fully saturated rings. The van der Waals surface area contributed by atoms with Crippen molar-refractivity contribution >= 4 is 17.9 Å². The molecule has 0 saturated carbocycles. The number of esters is 2. The number of carbonyl (C=O) groups is 3. The molecule has 0 aromatic heterocycles. The van der Waals surface area contributed by atoms with Crippen molar-refractivity contribution in [3.63, 3.8) is 0 Å². The molecular weight excluding hydrogens is 727 g/mol. The zero-order valence-corrected chi connectivity index (χ0v) is 37.9. The number of allylic oxidation sites excluding steroid dienone is 10. The summed E-state index contributed by atoms with van der Waals surface area (Å²) in [6.45, 7) is 4.53. The minimum Gasteiger partial charge on any atom is -0.544 e. The van der Waals surface area contributed by atoms with Gasteiger partial charge < -0.3 is 28.6 Å². The molecular formula is C50H87NO7. The van der Waals surface area contributed by atoms with E-state index < -0.39 is 18.1 Å². The number of likely N-dealkylation sites (N-methyl/N-ethyl adjacent to an activating group) is 1. The average molecular weight is 814 g/mol. The maximum absolute atomic E-state index is 12.7. The van der Waals surface area contributed by atoms with Crippen LogP contribution in [-0.4, -0.2) is 75.5 Å². The van der Waals surface area contributed by atoms with Crippen molar-refractivity contribution in [3.05, 3.63) is 60.8 Å². The monoisotopic (exact) mass is 814 g/mol. The zero-order valence-electron chi connectivity index (χ0n) is 37.9. The number of unbranched alkanes of at least 4 members (excludes halogenated alkanes) is 17. The van der Waals surface area contributed by atoms with Crippen LogP contribution in [0.5, 0.6) is 0 Å². The molecule has 2 unspecified atom stereocenters. The van der Waals surface area contributed by atoms with Crippen LogP contribution in [0.1, 0.15) is 187 Å². The number of nitrogens with zero attached hydrogens (tertiary/aromatic N) is 1. The number of rotatable bonds is 41. The molecule has 0 saturated heterocycles. The average Bonchev–Trinajstić information content (AvgIpc) is 3.18. The number of hydrogen-bond donors (Lipinski definition) is 0. The van der Waals surface area contributed by atoms with Crippen molar-refractivity contribution in [2.75, 3.05) is 41.0 Å². The minimum atomic E-state index is -1.13. The normalized spacial score (nSPS) is 13.5. The predicted molar refractivity (Wildman–Crippen MR) is 240 cm³/mol. The van der Waals surface area contributed by atoms with Gasteiger partial charge in [-0.3, -0.25) is 9.59 Å². The molecule has 0 bridgehead atoms. The van der Waals surface area contributed by atoms with E-state index in [2.05, 4.69) is 74.6 Å². The largest absolute Gasteiger partial charge is 0.544 e. The SMILES string of the molecule is CC/C=C/C/C=C/C/C=C/C/C=C/C/C=C/CCCCCCCCCC(=O)OCC(COCCC(C(=O)[O-])[N+](C)(C)C)OC(=O)CCCCCCCCCCCCC. The van der Waals surface area contributed by atoms with E-state index in [0.29, 0.717) is 12.8 Å². The van der Waals surface area contributed by atoms with Crippen molar-refractivity contribution in [1.29, 1.82) is 0 Å². The summed E-state index contributed by atoms with van der Waals surface area (Å²) < 4.78 is 17.2. The van der Waals surface area contributed by atoms with Crippen LogP contribution in [0.3, 0.4) is 0 Å². The van der Waals surface area contributed by atoms with E-state index in [0.717, 1.165) is 77.0 Å². The lowest BCUT2D eigenvalue weighted by Crippen LogP contribution is -2.55. The first-order chi connectivity index (χ1) is 28.1. The molecule has 0 aromatic rings. The lowest BCUT2D eigenvalue weighted by atomic mass is 10.1. The Morgan fingerprint density at radius 2 is 0.966 bits per heavy atom. The van der Waals surface area contributed by atoms with E-state index in [1.165, 1.54) is 77.0 Å². The van der Waals surface area contributed by atoms with Gasteiger partial charge in [0.15, 0.2) is 6.10 Å². The van der Waals surface area contributed by atoms with E-state index in [1.54, 1.807) is 21.1 Å². The number of hydrogen-bond acceptors (Lipinski definition) is 7. The van der Waals surface area contributed by atoms with E-state index >= 15 is 0 Å². The molecule has 58 heavy (non-hydrogen) atoms. The summed E-state index contributed by atoms with van der Waals surface area (Å²) in [5.41, 5.74) is 0. The van der Waals surface area contributed by atoms with Gasteiger partial charge in [0, 0.05) is 19.3 Å². The fraction of sp³-hybridized carbons (Fsp3) is 0.740. The Hall–Kier alpha value is -2.97. The van der Waals surface area contributed by atoms with Gasteiger partial charge >= 0.3 is 11.9 Å². The summed E-state index contributed by atoms with van der Waals surface area (Å²) in [6, 6.07) is -0.727. The standard InChI is InChI=1S/C50H87NO7/c1-6-8-10-12-14-16-18-19-20-21-22-23-24-25-26-27-28-29-31-32-34-36-38-40-48(52)57-45-46(44-56-43-42-47(50(54)55)51(3,4)5)58-49(53)41-39-37-35-33-30-17-15-13-11-9-7-2/h8,10,14,16,19-20,22-23,25-26,46-47H,6-7,9,11-13,15,17-18,21,24,27-45H2,1-5H3/b10-8+,16-14+,20-19+,23-22+,26-25+. The van der Waals surface area contributed by atoms with Crippen molar-refractivity contribution < 1.29 is 38.2 Å². The lowest BCUT2D eigenvalue weighted by Gasteiger charge is -2.34. The highest BCUT2D eigenvalue weighted by Gasteiger charge is 2.25. The fourth-order valence-electron chi connectivity index (χ4n) is 6.57. The summed E-state index contributed by atoms with van der Waals surface area (Å²) in [4.78, 5) is 36.9. The van der Waals surface area contributed by atoms with Gasteiger partial charge in [-0.25, -0.2) is 0 Å². The number of carboxylic acid groups (broad SMARTS) is 1. The number of ether oxygens (including phenoxy) is 3. The Balaban J connectivity index is 4.25. The Labute approximate surface area is 356 Å². The maximum Gasteiger partial charge on any atom is 0.306 e. The summed E-state index contributed by atoms with van der Waals surface area (Å²) in [6.07, 6.45) is 49.6. The molecule has 0 aliphatic heterocycles. The third-order valence-corrected chi connectivity index (χ3v) is 10.2. The van der Waals surface area contributed by atoms with Crippen LogP contribution in [0.2, 0.25) is 0 Å². The summed E-state index contributed by atoms with van der Waals surface area (Å²) >= 11 is 0. The van der Waals surface area contributed by atoms with Crippen LogP contribution >= 0.6 is 0 Å². The second-order valence-electron chi connectivity index (χ2n) is 16.6. The highest BCUT2D eigenvalue weighted by atomic mass is 16.6. The first-order valence-electron chi connectivity index (χ1n) is 23.3. The van der Waals surface area contributed by atoms with Crippen LogP contribution in [-0.2, 0) is 28.6 Å². The molecule has 0 rings (SSSR count). The Morgan fingerprint density at radius 3 is 1.43 bits per heavy atom. The number of carboxylic acids is 1. The van der Waals surface area contributed by atoms with Gasteiger partial charge in [0.05, 0.1) is 40.3 Å². The maximum atomic E-state index is 12.7. The summed E-state index contributed by atoms with van der Waals surface area (Å²) in [5.74, 6) is -1.75. The molecule has 334 valence electrons. The molecule has 0 radical (unpaired) electrons. The molecule has 0 aromatic carbocycles. The lowest BCUT2D eigenvalue weighted by molar-refractivity contribution is -0.889. The van der Waals surface area contributed by atoms with E-state index in [1.807, 2.05) is 0 Å². The summed E-state index contributed by atoms with van der Waals surface area (Å²) in [5, 5.41) is 11.6. The second-order valence-corrected chi connectivity index (χ2v) is 16.6. The molecule has 2 atom stereocenters. The Kier molecular flexibility index (Phi) is 38.7. The highest BCUT2D eigenvalue weighted by Crippen LogP contribution is 2.14. The van der Waals surface area contributed by atoms with Crippen molar-refractivity contribution in [3.8, 4) is 0 Å². The molecule has 8 nitrogen and oxygen atoms in total. The summed E-state index contributed by atoms with van der Waals surface area (Å²) in [7, 11) is 5.40. The third kappa shape index (κ3) is 38.5. The molecule has 0 aliphatic rings. The first kappa shape index (κ1) is 55.0. The zero-order chi connectivity index (χ0) is 42.8. The molecule has 0 spiro atoms. The molecule has 0 amide bonds. The van der Waals surface area contributed by atoms with E-state index in [-0.39, 0.29) is 42.7 Å². The van der Waals surface area contributed by atoms with Gasteiger partial charge in [0.1, 0.15) is 12.6 Å². The van der Waals surface area contributed by atoms with Gasteiger partial charge in [-0.15, -0.1) is 0 Å². The van der Waals surface area contributed by atoms with E-state index in [9.17, 15) is 19.5 Å². The predicted octanol–water partition coefficient (Wildman–Crippen LogP) is 11.6. The highest BCUT2D eigenvalue weighted by molar-refractivity contribution is 5.70. The number of carbonyl (C=O) groups excluding carboxylic acids is 3. The second kappa shape index (κ2) is 40.8. The van der Waals surface area contributed by atoms with Crippen LogP contribution in [0, 0.1) is 0 Å². The molecule has 0 heterocycles. The smallest absolute Gasteiger partial charge is 0.306 e. The molecule has 0 N–H and O–H groups in total. The van der Waals surface area contributed by atoms with Crippen LogP contribution in [0.25, 0.3) is 0 Å². The molecule has 0 aliphatic carbocycles. The Bertz CT molecular complexity index is 1130. The number of quaternary nitrogens is 1. The van der Waals surface area contributed by atoms with Crippen LogP contribution in [0.4, 0.5) is 0 Å². The van der Waals surface area contributed by atoms with Crippen LogP contribution in [0.15, 0.2) is 60.8 Å². The quantitative estimate of drug-likeness (QED) is 0.0262. The number of aliphatic carboxylic acids is 1. The first-order valence-corrected chi connectivity index (χ1v) is 23.3.